The summed E-state index contributed by atoms with van der Waals surface area (Å²) >= 11 is 0. The molecule has 2 rings (SSSR count). The molecule has 0 aliphatic carbocycles. The van der Waals surface area contributed by atoms with Crippen LogP contribution in [0.1, 0.15) is 44.2 Å². The minimum Gasteiger partial charge on any atom is -0.397 e. The van der Waals surface area contributed by atoms with Gasteiger partial charge in [-0.3, -0.25) is 4.72 Å². The molecule has 0 aliphatic rings. The Morgan fingerprint density at radius 3 is 2.44 bits per heavy atom. The van der Waals surface area contributed by atoms with Crippen molar-refractivity contribution in [3.05, 3.63) is 65.7 Å². The van der Waals surface area contributed by atoms with Gasteiger partial charge in [-0.2, -0.15) is 0 Å². The summed E-state index contributed by atoms with van der Waals surface area (Å²) in [6.45, 7) is 4.04. The summed E-state index contributed by atoms with van der Waals surface area (Å²) < 4.78 is 27.0. The van der Waals surface area contributed by atoms with Crippen LogP contribution in [0.5, 0.6) is 0 Å². The van der Waals surface area contributed by atoms with Crippen LogP contribution in [0.3, 0.4) is 0 Å². The van der Waals surface area contributed by atoms with E-state index in [4.69, 9.17) is 5.73 Å². The Bertz CT molecular complexity index is 828. The third-order valence-corrected chi connectivity index (χ3v) is 5.25. The maximum atomic E-state index is 12.2. The molecule has 0 spiro atoms. The lowest BCUT2D eigenvalue weighted by Gasteiger charge is -2.14. The third-order valence-electron chi connectivity index (χ3n) is 3.89. The van der Waals surface area contributed by atoms with Gasteiger partial charge in [0.05, 0.1) is 17.1 Å². The SMILES string of the molecule is CCC=C(c1ccccc1)c1ccc(N)c(NS(=O)(=O)CCCC)c1. The fourth-order valence-corrected chi connectivity index (χ4v) is 3.87. The number of nitrogen functional groups attached to an aromatic ring is 1. The van der Waals surface area contributed by atoms with Gasteiger partial charge in [-0.25, -0.2) is 8.42 Å². The third kappa shape index (κ3) is 5.36. The highest BCUT2D eigenvalue weighted by Crippen LogP contribution is 2.29. The molecule has 25 heavy (non-hydrogen) atoms. The summed E-state index contributed by atoms with van der Waals surface area (Å²) in [6, 6.07) is 15.5. The number of allylic oxidation sites excluding steroid dienone is 1. The number of rotatable bonds is 8. The molecule has 0 amide bonds. The lowest BCUT2D eigenvalue weighted by atomic mass is 9.96. The van der Waals surface area contributed by atoms with Gasteiger partial charge >= 0.3 is 0 Å². The zero-order chi connectivity index (χ0) is 18.3. The van der Waals surface area contributed by atoms with Crippen LogP contribution < -0.4 is 10.5 Å². The van der Waals surface area contributed by atoms with Gasteiger partial charge in [0.2, 0.25) is 10.0 Å². The standard InChI is InChI=1S/C20H26N2O2S/c1-3-5-14-25(23,24)22-20-15-17(12-13-19(20)21)18(9-4-2)16-10-7-6-8-11-16/h6-13,15,22H,3-5,14,21H2,1-2H3. The number of nitrogens with two attached hydrogens (primary N) is 1. The predicted molar refractivity (Wildman–Crippen MR) is 107 cm³/mol. The lowest BCUT2D eigenvalue weighted by molar-refractivity contribution is 0.598. The van der Waals surface area contributed by atoms with E-state index in [-0.39, 0.29) is 5.75 Å². The van der Waals surface area contributed by atoms with Gasteiger partial charge in [0.15, 0.2) is 0 Å². The van der Waals surface area contributed by atoms with Gasteiger partial charge < -0.3 is 5.73 Å². The van der Waals surface area contributed by atoms with E-state index >= 15 is 0 Å². The van der Waals surface area contributed by atoms with Crippen LogP contribution in [-0.4, -0.2) is 14.2 Å². The summed E-state index contributed by atoms with van der Waals surface area (Å²) in [5.41, 5.74) is 9.95. The number of benzene rings is 2. The van der Waals surface area contributed by atoms with Crippen molar-refractivity contribution in [1.82, 2.24) is 0 Å². The summed E-state index contributed by atoms with van der Waals surface area (Å²) in [4.78, 5) is 0. The van der Waals surface area contributed by atoms with E-state index in [9.17, 15) is 8.42 Å². The molecular formula is C20H26N2O2S. The summed E-state index contributed by atoms with van der Waals surface area (Å²) in [6.07, 6.45) is 4.47. The van der Waals surface area contributed by atoms with Crippen molar-refractivity contribution >= 4 is 27.0 Å². The molecule has 0 bridgehead atoms. The highest BCUT2D eigenvalue weighted by atomic mass is 32.2. The number of anilines is 2. The quantitative estimate of drug-likeness (QED) is 0.675. The molecule has 4 nitrogen and oxygen atoms in total. The second-order valence-electron chi connectivity index (χ2n) is 5.97. The van der Waals surface area contributed by atoms with Crippen LogP contribution in [-0.2, 0) is 10.0 Å². The van der Waals surface area contributed by atoms with Crippen LogP contribution in [0, 0.1) is 0 Å². The fourth-order valence-electron chi connectivity index (χ4n) is 2.59. The van der Waals surface area contributed by atoms with Crippen LogP contribution in [0.4, 0.5) is 11.4 Å². The molecule has 0 saturated carbocycles. The molecule has 0 unspecified atom stereocenters. The Labute approximate surface area is 150 Å². The minimum atomic E-state index is -3.39. The van der Waals surface area contributed by atoms with Crippen LogP contribution in [0.15, 0.2) is 54.6 Å². The summed E-state index contributed by atoms with van der Waals surface area (Å²) in [7, 11) is -3.39. The summed E-state index contributed by atoms with van der Waals surface area (Å²) in [5.74, 6) is 0.101. The van der Waals surface area contributed by atoms with Gasteiger partial charge in [-0.1, -0.05) is 62.7 Å². The Morgan fingerprint density at radius 2 is 1.80 bits per heavy atom. The van der Waals surface area contributed by atoms with Crippen molar-refractivity contribution in [2.24, 2.45) is 0 Å². The Morgan fingerprint density at radius 1 is 1.08 bits per heavy atom. The molecule has 2 aromatic carbocycles. The van der Waals surface area contributed by atoms with E-state index in [1.165, 1.54) is 0 Å². The predicted octanol–water partition coefficient (Wildman–Crippen LogP) is 4.65. The zero-order valence-electron chi connectivity index (χ0n) is 14.8. The first-order valence-corrected chi connectivity index (χ1v) is 10.3. The van der Waals surface area contributed by atoms with Crippen LogP contribution >= 0.6 is 0 Å². The van der Waals surface area contributed by atoms with Crippen molar-refractivity contribution in [3.63, 3.8) is 0 Å². The second-order valence-corrected chi connectivity index (χ2v) is 7.81. The molecule has 0 aromatic heterocycles. The average molecular weight is 359 g/mol. The molecular weight excluding hydrogens is 332 g/mol. The molecule has 5 heteroatoms. The molecule has 0 aliphatic heterocycles. The topological polar surface area (TPSA) is 72.2 Å². The van der Waals surface area contributed by atoms with E-state index < -0.39 is 10.0 Å². The normalized spacial score (nSPS) is 12.2. The average Bonchev–Trinajstić information content (AvgIpc) is 2.60. The van der Waals surface area contributed by atoms with Crippen molar-refractivity contribution in [3.8, 4) is 0 Å². The van der Waals surface area contributed by atoms with Gasteiger partial charge in [0.25, 0.3) is 0 Å². The van der Waals surface area contributed by atoms with Crippen molar-refractivity contribution in [2.45, 2.75) is 33.1 Å². The monoisotopic (exact) mass is 358 g/mol. The fraction of sp³-hybridized carbons (Fsp3) is 0.300. The Balaban J connectivity index is 2.38. The smallest absolute Gasteiger partial charge is 0.232 e. The molecule has 0 fully saturated rings. The van der Waals surface area contributed by atoms with Gasteiger partial charge in [-0.15, -0.1) is 0 Å². The lowest BCUT2D eigenvalue weighted by Crippen LogP contribution is -2.17. The number of unbranched alkanes of at least 4 members (excludes halogenated alkanes) is 1. The van der Waals surface area contributed by atoms with E-state index in [0.717, 1.165) is 29.5 Å². The van der Waals surface area contributed by atoms with Gasteiger partial charge in [-0.05, 0) is 41.7 Å². The second kappa shape index (κ2) is 8.72. The van der Waals surface area contributed by atoms with Crippen LogP contribution in [0.25, 0.3) is 5.57 Å². The van der Waals surface area contributed by atoms with Crippen molar-refractivity contribution in [2.75, 3.05) is 16.2 Å². The molecule has 134 valence electrons. The van der Waals surface area contributed by atoms with Crippen LogP contribution in [0.2, 0.25) is 0 Å². The molecule has 0 saturated heterocycles. The number of hydrogen-bond donors (Lipinski definition) is 2. The first-order valence-electron chi connectivity index (χ1n) is 8.62. The van der Waals surface area contributed by atoms with E-state index in [1.807, 2.05) is 49.4 Å². The first kappa shape index (κ1) is 19.1. The maximum absolute atomic E-state index is 12.2. The number of nitrogens with one attached hydrogen (secondary N) is 1. The first-order chi connectivity index (χ1) is 12.0. The minimum absolute atomic E-state index is 0.101. The molecule has 3 N–H and O–H groups in total. The molecule has 0 atom stereocenters. The van der Waals surface area contributed by atoms with Gasteiger partial charge in [0, 0.05) is 0 Å². The highest BCUT2D eigenvalue weighted by molar-refractivity contribution is 7.92. The van der Waals surface area contributed by atoms with E-state index in [0.29, 0.717) is 17.8 Å². The van der Waals surface area contributed by atoms with Crippen molar-refractivity contribution < 1.29 is 8.42 Å². The summed E-state index contributed by atoms with van der Waals surface area (Å²) in [5, 5.41) is 0. The van der Waals surface area contributed by atoms with Crippen molar-refractivity contribution in [1.29, 1.82) is 0 Å². The molecule has 2 aromatic rings. The maximum Gasteiger partial charge on any atom is 0.232 e. The number of hydrogen-bond acceptors (Lipinski definition) is 3. The highest BCUT2D eigenvalue weighted by Gasteiger charge is 2.13. The van der Waals surface area contributed by atoms with E-state index in [1.54, 1.807) is 6.07 Å². The molecule has 0 radical (unpaired) electrons. The van der Waals surface area contributed by atoms with E-state index in [2.05, 4.69) is 17.7 Å². The zero-order valence-corrected chi connectivity index (χ0v) is 15.6. The Hall–Kier alpha value is -2.27. The largest absolute Gasteiger partial charge is 0.397 e. The Kier molecular flexibility index (Phi) is 6.65. The van der Waals surface area contributed by atoms with Gasteiger partial charge in [0.1, 0.15) is 0 Å². The molecule has 0 heterocycles. The number of sulfonamides is 1.